The number of halogens is 3. The summed E-state index contributed by atoms with van der Waals surface area (Å²) >= 11 is 0. The molecule has 0 radical (unpaired) electrons. The van der Waals surface area contributed by atoms with Crippen LogP contribution in [-0.4, -0.2) is 22.9 Å². The van der Waals surface area contributed by atoms with Crippen LogP contribution in [0.4, 0.5) is 19.0 Å². The van der Waals surface area contributed by atoms with E-state index in [4.69, 9.17) is 0 Å². The minimum Gasteiger partial charge on any atom is -0.406 e. The van der Waals surface area contributed by atoms with E-state index < -0.39 is 6.36 Å². The number of alkyl halides is 3. The topological polar surface area (TPSA) is 47.0 Å². The van der Waals surface area contributed by atoms with Crippen molar-refractivity contribution in [1.82, 2.24) is 9.97 Å². The zero-order valence-electron chi connectivity index (χ0n) is 11.3. The normalized spacial score (nSPS) is 11.2. The highest BCUT2D eigenvalue weighted by atomic mass is 19.4. The van der Waals surface area contributed by atoms with Crippen molar-refractivity contribution >= 4 is 5.82 Å². The van der Waals surface area contributed by atoms with Gasteiger partial charge >= 0.3 is 6.36 Å². The summed E-state index contributed by atoms with van der Waals surface area (Å²) in [5.74, 6) is 0.335. The smallest absolute Gasteiger partial charge is 0.406 e. The van der Waals surface area contributed by atoms with Crippen molar-refractivity contribution in [3.05, 3.63) is 36.7 Å². The minimum atomic E-state index is -4.69. The first-order valence-electron chi connectivity index (χ1n) is 6.40. The molecule has 2 rings (SSSR count). The Morgan fingerprint density at radius 3 is 2.38 bits per heavy atom. The Hall–Kier alpha value is -2.31. The Morgan fingerprint density at radius 1 is 1.10 bits per heavy atom. The van der Waals surface area contributed by atoms with Gasteiger partial charge in [-0.15, -0.1) is 13.2 Å². The van der Waals surface area contributed by atoms with E-state index in [0.29, 0.717) is 17.1 Å². The van der Waals surface area contributed by atoms with Gasteiger partial charge in [0, 0.05) is 24.5 Å². The Balaban J connectivity index is 2.22. The van der Waals surface area contributed by atoms with E-state index >= 15 is 0 Å². The SMILES string of the molecule is CCCNc1nccnc1-c1ccc(OC(F)(F)F)cc1. The van der Waals surface area contributed by atoms with Crippen molar-refractivity contribution in [3.63, 3.8) is 0 Å². The van der Waals surface area contributed by atoms with Gasteiger partial charge in [0.25, 0.3) is 0 Å². The highest BCUT2D eigenvalue weighted by molar-refractivity contribution is 5.71. The third-order valence-electron chi connectivity index (χ3n) is 2.60. The Labute approximate surface area is 120 Å². The van der Waals surface area contributed by atoms with E-state index in [1.54, 1.807) is 6.20 Å². The van der Waals surface area contributed by atoms with Crippen LogP contribution < -0.4 is 10.1 Å². The van der Waals surface area contributed by atoms with Gasteiger partial charge in [-0.3, -0.25) is 4.98 Å². The van der Waals surface area contributed by atoms with Gasteiger partial charge in [0.1, 0.15) is 11.4 Å². The number of nitrogens with one attached hydrogen (secondary N) is 1. The molecule has 4 nitrogen and oxygen atoms in total. The van der Waals surface area contributed by atoms with Crippen molar-refractivity contribution in [3.8, 4) is 17.0 Å². The van der Waals surface area contributed by atoms with Crippen molar-refractivity contribution in [2.45, 2.75) is 19.7 Å². The van der Waals surface area contributed by atoms with Crippen molar-refractivity contribution in [1.29, 1.82) is 0 Å². The average molecular weight is 297 g/mol. The summed E-state index contributed by atoms with van der Waals surface area (Å²) in [4.78, 5) is 8.41. The quantitative estimate of drug-likeness (QED) is 0.910. The molecule has 2 aromatic rings. The summed E-state index contributed by atoms with van der Waals surface area (Å²) in [6, 6.07) is 5.53. The second-order valence-electron chi connectivity index (χ2n) is 4.25. The maximum atomic E-state index is 12.1. The summed E-state index contributed by atoms with van der Waals surface area (Å²) in [5.41, 5.74) is 1.25. The molecule has 1 heterocycles. The lowest BCUT2D eigenvalue weighted by atomic mass is 10.1. The lowest BCUT2D eigenvalue weighted by Crippen LogP contribution is -2.16. The fourth-order valence-electron chi connectivity index (χ4n) is 1.74. The number of rotatable bonds is 5. The molecule has 0 unspecified atom stereocenters. The van der Waals surface area contributed by atoms with Crippen LogP contribution in [0.5, 0.6) is 5.75 Å². The summed E-state index contributed by atoms with van der Waals surface area (Å²) in [7, 11) is 0. The number of hydrogen-bond acceptors (Lipinski definition) is 4. The first-order chi connectivity index (χ1) is 9.99. The van der Waals surface area contributed by atoms with E-state index in [1.165, 1.54) is 30.5 Å². The zero-order chi connectivity index (χ0) is 15.3. The fraction of sp³-hybridized carbons (Fsp3) is 0.286. The molecule has 1 N–H and O–H groups in total. The summed E-state index contributed by atoms with van der Waals surface area (Å²) in [6.45, 7) is 2.76. The molecule has 0 amide bonds. The van der Waals surface area contributed by atoms with Crippen LogP contribution in [0.3, 0.4) is 0 Å². The maximum Gasteiger partial charge on any atom is 0.573 e. The van der Waals surface area contributed by atoms with E-state index in [2.05, 4.69) is 20.0 Å². The Kier molecular flexibility index (Phi) is 4.62. The molecule has 0 fully saturated rings. The maximum absolute atomic E-state index is 12.1. The van der Waals surface area contributed by atoms with Gasteiger partial charge in [0.15, 0.2) is 5.82 Å². The number of nitrogens with zero attached hydrogens (tertiary/aromatic N) is 2. The van der Waals surface area contributed by atoms with Crippen LogP contribution in [0.1, 0.15) is 13.3 Å². The monoisotopic (exact) mass is 297 g/mol. The molecule has 0 spiro atoms. The summed E-state index contributed by atoms with van der Waals surface area (Å²) in [5, 5.41) is 3.13. The van der Waals surface area contributed by atoms with E-state index in [0.717, 1.165) is 13.0 Å². The third-order valence-corrected chi connectivity index (χ3v) is 2.60. The number of benzene rings is 1. The molecular formula is C14H14F3N3O. The van der Waals surface area contributed by atoms with Crippen LogP contribution >= 0.6 is 0 Å². The molecule has 112 valence electrons. The molecule has 0 atom stereocenters. The molecule has 0 aliphatic rings. The highest BCUT2D eigenvalue weighted by Crippen LogP contribution is 2.28. The van der Waals surface area contributed by atoms with Gasteiger partial charge in [-0.2, -0.15) is 0 Å². The lowest BCUT2D eigenvalue weighted by molar-refractivity contribution is -0.274. The molecule has 0 saturated heterocycles. The summed E-state index contributed by atoms with van der Waals surface area (Å²) < 4.78 is 40.2. The van der Waals surface area contributed by atoms with Gasteiger partial charge in [-0.25, -0.2) is 4.98 Å². The fourth-order valence-corrected chi connectivity index (χ4v) is 1.74. The van der Waals surface area contributed by atoms with Crippen molar-refractivity contribution < 1.29 is 17.9 Å². The highest BCUT2D eigenvalue weighted by Gasteiger charge is 2.31. The predicted molar refractivity (Wildman–Crippen MR) is 72.9 cm³/mol. The molecule has 0 aliphatic carbocycles. The predicted octanol–water partition coefficient (Wildman–Crippen LogP) is 3.86. The average Bonchev–Trinajstić information content (AvgIpc) is 2.45. The van der Waals surface area contributed by atoms with Gasteiger partial charge in [0.05, 0.1) is 0 Å². The van der Waals surface area contributed by atoms with Crippen LogP contribution in [0.15, 0.2) is 36.7 Å². The van der Waals surface area contributed by atoms with E-state index in [-0.39, 0.29) is 5.75 Å². The van der Waals surface area contributed by atoms with Crippen molar-refractivity contribution in [2.75, 3.05) is 11.9 Å². The number of aromatic nitrogens is 2. The second kappa shape index (κ2) is 6.43. The molecular weight excluding hydrogens is 283 g/mol. The third kappa shape index (κ3) is 4.34. The Bertz CT molecular complexity index is 585. The van der Waals surface area contributed by atoms with Gasteiger partial charge in [-0.1, -0.05) is 6.92 Å². The zero-order valence-corrected chi connectivity index (χ0v) is 11.3. The number of ether oxygens (including phenoxy) is 1. The number of hydrogen-bond donors (Lipinski definition) is 1. The molecule has 0 bridgehead atoms. The van der Waals surface area contributed by atoms with E-state index in [1.807, 2.05) is 6.92 Å². The standard InChI is InChI=1S/C14H14F3N3O/c1-2-7-19-13-12(18-8-9-20-13)10-3-5-11(6-4-10)21-14(15,16)17/h3-6,8-9H,2,7H2,1H3,(H,19,20). The molecule has 7 heteroatoms. The molecule has 1 aromatic carbocycles. The second-order valence-corrected chi connectivity index (χ2v) is 4.25. The first kappa shape index (κ1) is 15.1. The Morgan fingerprint density at radius 2 is 1.76 bits per heavy atom. The molecule has 1 aromatic heterocycles. The summed E-state index contributed by atoms with van der Waals surface area (Å²) in [6.07, 6.45) is -0.675. The molecule has 21 heavy (non-hydrogen) atoms. The molecule has 0 aliphatic heterocycles. The first-order valence-corrected chi connectivity index (χ1v) is 6.40. The van der Waals surface area contributed by atoms with Crippen LogP contribution in [0.25, 0.3) is 11.3 Å². The van der Waals surface area contributed by atoms with Gasteiger partial charge in [0.2, 0.25) is 0 Å². The van der Waals surface area contributed by atoms with Gasteiger partial charge in [-0.05, 0) is 30.7 Å². The van der Waals surface area contributed by atoms with Crippen LogP contribution in [0.2, 0.25) is 0 Å². The minimum absolute atomic E-state index is 0.266. The number of anilines is 1. The molecule has 0 saturated carbocycles. The van der Waals surface area contributed by atoms with Crippen LogP contribution in [0, 0.1) is 0 Å². The van der Waals surface area contributed by atoms with Crippen LogP contribution in [-0.2, 0) is 0 Å². The lowest BCUT2D eigenvalue weighted by Gasteiger charge is -2.11. The largest absolute Gasteiger partial charge is 0.573 e. The van der Waals surface area contributed by atoms with E-state index in [9.17, 15) is 13.2 Å². The van der Waals surface area contributed by atoms with Gasteiger partial charge < -0.3 is 10.1 Å². The van der Waals surface area contributed by atoms with Crippen molar-refractivity contribution in [2.24, 2.45) is 0 Å².